The summed E-state index contributed by atoms with van der Waals surface area (Å²) in [6.45, 7) is 2.16. The van der Waals surface area contributed by atoms with Crippen LogP contribution in [-0.4, -0.2) is 48.4 Å². The number of pyridine rings is 1. The number of nitrogen functional groups attached to an aromatic ring is 1. The van der Waals surface area contributed by atoms with Crippen LogP contribution in [0.15, 0.2) is 42.6 Å². The van der Waals surface area contributed by atoms with E-state index in [1.165, 1.54) is 19.4 Å². The molecule has 28 heavy (non-hydrogen) atoms. The lowest BCUT2D eigenvalue weighted by Gasteiger charge is -2.22. The SMILES string of the molecule is COCCOC(=N)c1cnc(NC(=O)NC(c2ccccc2)C(C)O)cc1N. The Morgan fingerprint density at radius 3 is 2.64 bits per heavy atom. The van der Waals surface area contributed by atoms with Crippen molar-refractivity contribution in [1.29, 1.82) is 5.41 Å². The van der Waals surface area contributed by atoms with Gasteiger partial charge in [-0.15, -0.1) is 0 Å². The summed E-state index contributed by atoms with van der Waals surface area (Å²) in [5.41, 5.74) is 7.27. The Labute approximate surface area is 163 Å². The van der Waals surface area contributed by atoms with Crippen LogP contribution in [0, 0.1) is 5.41 Å². The number of urea groups is 1. The van der Waals surface area contributed by atoms with Crippen LogP contribution in [0.4, 0.5) is 16.3 Å². The van der Waals surface area contributed by atoms with E-state index in [4.69, 9.17) is 20.6 Å². The largest absolute Gasteiger partial charge is 0.475 e. The first-order valence-electron chi connectivity index (χ1n) is 8.69. The van der Waals surface area contributed by atoms with Crippen LogP contribution >= 0.6 is 0 Å². The van der Waals surface area contributed by atoms with Crippen molar-refractivity contribution in [2.75, 3.05) is 31.4 Å². The Kier molecular flexibility index (Phi) is 7.73. The van der Waals surface area contributed by atoms with Crippen LogP contribution in [-0.2, 0) is 9.47 Å². The summed E-state index contributed by atoms with van der Waals surface area (Å²) in [5, 5.41) is 23.1. The highest BCUT2D eigenvalue weighted by Crippen LogP contribution is 2.18. The number of methoxy groups -OCH3 is 1. The maximum atomic E-state index is 12.3. The highest BCUT2D eigenvalue weighted by atomic mass is 16.5. The molecule has 2 rings (SSSR count). The van der Waals surface area contributed by atoms with Crippen molar-refractivity contribution in [3.05, 3.63) is 53.7 Å². The highest BCUT2D eigenvalue weighted by molar-refractivity contribution is 5.97. The Balaban J connectivity index is 2.01. The van der Waals surface area contributed by atoms with Crippen molar-refractivity contribution < 1.29 is 19.4 Å². The van der Waals surface area contributed by atoms with Crippen LogP contribution < -0.4 is 16.4 Å². The average Bonchev–Trinajstić information content (AvgIpc) is 2.66. The van der Waals surface area contributed by atoms with Gasteiger partial charge in [-0.2, -0.15) is 0 Å². The first-order chi connectivity index (χ1) is 13.4. The van der Waals surface area contributed by atoms with Gasteiger partial charge in [0, 0.05) is 25.1 Å². The van der Waals surface area contributed by atoms with Crippen molar-refractivity contribution in [2.45, 2.75) is 19.1 Å². The molecule has 6 N–H and O–H groups in total. The Morgan fingerprint density at radius 1 is 1.32 bits per heavy atom. The van der Waals surface area contributed by atoms with E-state index in [1.807, 2.05) is 30.3 Å². The molecule has 9 nitrogen and oxygen atoms in total. The van der Waals surface area contributed by atoms with Gasteiger partial charge in [-0.25, -0.2) is 9.78 Å². The topological polar surface area (TPSA) is 143 Å². The van der Waals surface area contributed by atoms with Crippen LogP contribution in [0.1, 0.15) is 24.1 Å². The molecule has 1 aromatic heterocycles. The van der Waals surface area contributed by atoms with E-state index >= 15 is 0 Å². The summed E-state index contributed by atoms with van der Waals surface area (Å²) < 4.78 is 10.1. The van der Waals surface area contributed by atoms with Crippen LogP contribution in [0.2, 0.25) is 0 Å². The number of aliphatic hydroxyl groups is 1. The summed E-state index contributed by atoms with van der Waals surface area (Å²) in [6, 6.07) is 9.46. The molecule has 150 valence electrons. The summed E-state index contributed by atoms with van der Waals surface area (Å²) in [6.07, 6.45) is 0.557. The summed E-state index contributed by atoms with van der Waals surface area (Å²) in [4.78, 5) is 16.4. The first kappa shape index (κ1) is 21.1. The van der Waals surface area contributed by atoms with Gasteiger partial charge in [0.05, 0.1) is 24.3 Å². The van der Waals surface area contributed by atoms with Gasteiger partial charge < -0.3 is 25.6 Å². The maximum Gasteiger partial charge on any atom is 0.320 e. The van der Waals surface area contributed by atoms with Gasteiger partial charge in [-0.05, 0) is 12.5 Å². The molecule has 0 aliphatic heterocycles. The molecular weight excluding hydrogens is 362 g/mol. The van der Waals surface area contributed by atoms with Gasteiger partial charge in [0.25, 0.3) is 0 Å². The number of anilines is 2. The third-order valence-electron chi connectivity index (χ3n) is 3.88. The summed E-state index contributed by atoms with van der Waals surface area (Å²) in [5.74, 6) is 0.0807. The minimum atomic E-state index is -0.793. The number of benzene rings is 1. The zero-order valence-corrected chi connectivity index (χ0v) is 15.8. The fourth-order valence-corrected chi connectivity index (χ4v) is 2.47. The standard InChI is InChI=1S/C19H25N5O4/c1-12(25)17(13-6-4-3-5-7-13)24-19(26)23-16-10-15(20)14(11-22-16)18(21)28-9-8-27-2/h3-7,10-12,17,21,25H,8-9H2,1-2H3,(H4,20,22,23,24,26). The average molecular weight is 387 g/mol. The predicted octanol–water partition coefficient (Wildman–Crippen LogP) is 1.90. The molecule has 2 amide bonds. The van der Waals surface area contributed by atoms with E-state index in [0.29, 0.717) is 12.2 Å². The lowest BCUT2D eigenvalue weighted by Crippen LogP contribution is -2.38. The molecule has 1 heterocycles. The zero-order chi connectivity index (χ0) is 20.5. The third-order valence-corrected chi connectivity index (χ3v) is 3.88. The number of amides is 2. The van der Waals surface area contributed by atoms with E-state index in [2.05, 4.69) is 15.6 Å². The van der Waals surface area contributed by atoms with E-state index in [-0.39, 0.29) is 24.0 Å². The number of rotatable bonds is 8. The number of nitrogens with zero attached hydrogens (tertiary/aromatic N) is 1. The number of hydrogen-bond donors (Lipinski definition) is 5. The molecule has 0 radical (unpaired) electrons. The number of aliphatic hydroxyl groups excluding tert-OH is 1. The lowest BCUT2D eigenvalue weighted by molar-refractivity contribution is 0.141. The smallest absolute Gasteiger partial charge is 0.320 e. The van der Waals surface area contributed by atoms with Crippen LogP contribution in [0.25, 0.3) is 0 Å². The second-order valence-corrected chi connectivity index (χ2v) is 6.05. The minimum absolute atomic E-state index is 0.128. The van der Waals surface area contributed by atoms with Gasteiger partial charge in [-0.3, -0.25) is 10.7 Å². The highest BCUT2D eigenvalue weighted by Gasteiger charge is 2.20. The van der Waals surface area contributed by atoms with Gasteiger partial charge in [0.2, 0.25) is 5.90 Å². The molecule has 2 atom stereocenters. The quantitative estimate of drug-likeness (QED) is 0.266. The van der Waals surface area contributed by atoms with Crippen LogP contribution in [0.5, 0.6) is 0 Å². The molecule has 2 aromatic rings. The molecule has 2 unspecified atom stereocenters. The van der Waals surface area contributed by atoms with Gasteiger partial charge in [0.15, 0.2) is 0 Å². The van der Waals surface area contributed by atoms with Crippen molar-refractivity contribution in [3.8, 4) is 0 Å². The zero-order valence-electron chi connectivity index (χ0n) is 15.8. The molecule has 0 fully saturated rings. The molecule has 0 aliphatic carbocycles. The molecule has 1 aromatic carbocycles. The number of nitrogens with two attached hydrogens (primary N) is 1. The number of carbonyl (C=O) groups excluding carboxylic acids is 1. The third kappa shape index (κ3) is 5.93. The minimum Gasteiger partial charge on any atom is -0.475 e. The van der Waals surface area contributed by atoms with Crippen molar-refractivity contribution in [1.82, 2.24) is 10.3 Å². The summed E-state index contributed by atoms with van der Waals surface area (Å²) in [7, 11) is 1.54. The molecule has 0 spiro atoms. The molecule has 0 bridgehead atoms. The Bertz CT molecular complexity index is 798. The van der Waals surface area contributed by atoms with E-state index in [1.54, 1.807) is 6.92 Å². The number of carbonyl (C=O) groups is 1. The van der Waals surface area contributed by atoms with Crippen molar-refractivity contribution in [3.63, 3.8) is 0 Å². The molecule has 0 saturated carbocycles. The number of nitrogens with one attached hydrogen (secondary N) is 3. The van der Waals surface area contributed by atoms with E-state index < -0.39 is 18.2 Å². The van der Waals surface area contributed by atoms with Crippen molar-refractivity contribution >= 4 is 23.4 Å². The second kappa shape index (κ2) is 10.2. The number of hydrogen-bond acceptors (Lipinski definition) is 7. The Morgan fingerprint density at radius 2 is 2.04 bits per heavy atom. The fraction of sp³-hybridized carbons (Fsp3) is 0.316. The van der Waals surface area contributed by atoms with Crippen molar-refractivity contribution in [2.24, 2.45) is 0 Å². The van der Waals surface area contributed by atoms with E-state index in [0.717, 1.165) is 5.56 Å². The fourth-order valence-electron chi connectivity index (χ4n) is 2.47. The monoisotopic (exact) mass is 387 g/mol. The first-order valence-corrected chi connectivity index (χ1v) is 8.69. The Hall–Kier alpha value is -3.17. The number of ether oxygens (including phenoxy) is 2. The normalized spacial score (nSPS) is 12.7. The maximum absolute atomic E-state index is 12.3. The molecular formula is C19H25N5O4. The number of aromatic nitrogens is 1. The lowest BCUT2D eigenvalue weighted by atomic mass is 10.0. The van der Waals surface area contributed by atoms with Crippen LogP contribution in [0.3, 0.4) is 0 Å². The molecule has 0 aliphatic rings. The predicted molar refractivity (Wildman–Crippen MR) is 106 cm³/mol. The summed E-state index contributed by atoms with van der Waals surface area (Å²) >= 11 is 0. The molecule has 9 heteroatoms. The van der Waals surface area contributed by atoms with Gasteiger partial charge in [-0.1, -0.05) is 30.3 Å². The van der Waals surface area contributed by atoms with Gasteiger partial charge >= 0.3 is 6.03 Å². The molecule has 0 saturated heterocycles. The van der Waals surface area contributed by atoms with E-state index in [9.17, 15) is 9.90 Å². The van der Waals surface area contributed by atoms with Gasteiger partial charge in [0.1, 0.15) is 12.4 Å². The second-order valence-electron chi connectivity index (χ2n) is 6.05.